The fraction of sp³-hybridized carbons (Fsp3) is 0.333. The Hall–Kier alpha value is -2.66. The quantitative estimate of drug-likeness (QED) is 0.840. The van der Waals surface area contributed by atoms with Gasteiger partial charge in [0.25, 0.3) is 0 Å². The third-order valence-corrected chi connectivity index (χ3v) is 4.48. The lowest BCUT2D eigenvalue weighted by Crippen LogP contribution is -2.02. The summed E-state index contributed by atoms with van der Waals surface area (Å²) >= 11 is 0. The first-order valence-corrected chi connectivity index (χ1v) is 8.73. The van der Waals surface area contributed by atoms with Gasteiger partial charge < -0.3 is 24.4 Å². The number of hydrogen-bond donors (Lipinski definition) is 2. The van der Waals surface area contributed by atoms with Crippen LogP contribution in [0.4, 0.5) is 0 Å². The molecule has 0 saturated carbocycles. The second-order valence-electron chi connectivity index (χ2n) is 6.30. The van der Waals surface area contributed by atoms with Crippen molar-refractivity contribution in [2.75, 3.05) is 14.2 Å². The van der Waals surface area contributed by atoms with E-state index in [0.717, 1.165) is 19.3 Å². The first-order chi connectivity index (χ1) is 12.6. The van der Waals surface area contributed by atoms with E-state index in [2.05, 4.69) is 0 Å². The number of phenols is 1. The van der Waals surface area contributed by atoms with E-state index in [4.69, 9.17) is 14.2 Å². The highest BCUT2D eigenvalue weighted by molar-refractivity contribution is 5.71. The Balaban J connectivity index is 2.10. The first-order valence-electron chi connectivity index (χ1n) is 8.73. The molecule has 0 radical (unpaired) electrons. The standard InChI is InChI=1S/C21H24O5/c1-24-20-15-9-10-16(22)6-4-3-5-14-7-11-17(12-8-14)26-18(13-15)21(25-2)19(20)23/h7-13,16,22-23H,3-6H2,1-2H3/t16-/m1/s1. The minimum Gasteiger partial charge on any atom is -0.502 e. The first kappa shape index (κ1) is 18.1. The molecule has 5 heteroatoms. The van der Waals surface area contributed by atoms with Gasteiger partial charge in [-0.1, -0.05) is 30.7 Å². The summed E-state index contributed by atoms with van der Waals surface area (Å²) in [5.41, 5.74) is 1.83. The number of rotatable bonds is 2. The van der Waals surface area contributed by atoms with Crippen molar-refractivity contribution in [3.05, 3.63) is 47.5 Å². The second-order valence-corrected chi connectivity index (χ2v) is 6.30. The van der Waals surface area contributed by atoms with Crippen LogP contribution in [-0.2, 0) is 6.42 Å². The van der Waals surface area contributed by atoms with Crippen LogP contribution in [0.25, 0.3) is 6.08 Å². The number of aromatic hydroxyl groups is 1. The molecule has 2 N–H and O–H groups in total. The number of phenolic OH excluding ortho intramolecular Hbond substituents is 1. The number of fused-ring (bicyclic) bond motifs is 7. The van der Waals surface area contributed by atoms with Crippen molar-refractivity contribution in [2.45, 2.75) is 31.8 Å². The Morgan fingerprint density at radius 3 is 2.46 bits per heavy atom. The van der Waals surface area contributed by atoms with Crippen molar-refractivity contribution < 1.29 is 24.4 Å². The molecule has 0 aromatic heterocycles. The van der Waals surface area contributed by atoms with E-state index in [1.165, 1.54) is 19.8 Å². The van der Waals surface area contributed by atoms with Crippen molar-refractivity contribution in [3.8, 4) is 28.7 Å². The van der Waals surface area contributed by atoms with Crippen LogP contribution in [0.3, 0.4) is 0 Å². The van der Waals surface area contributed by atoms with Crippen LogP contribution in [-0.4, -0.2) is 30.5 Å². The Morgan fingerprint density at radius 1 is 1.04 bits per heavy atom. The van der Waals surface area contributed by atoms with Crippen molar-refractivity contribution in [2.24, 2.45) is 0 Å². The van der Waals surface area contributed by atoms with Gasteiger partial charge in [-0.3, -0.25) is 0 Å². The molecule has 1 atom stereocenters. The molecule has 2 heterocycles. The number of hydrogen-bond acceptors (Lipinski definition) is 5. The van der Waals surface area contributed by atoms with Gasteiger partial charge in [-0.2, -0.15) is 0 Å². The normalized spacial score (nSPS) is 17.1. The summed E-state index contributed by atoms with van der Waals surface area (Å²) in [6.45, 7) is 0. The van der Waals surface area contributed by atoms with Crippen molar-refractivity contribution >= 4 is 6.08 Å². The van der Waals surface area contributed by atoms with Crippen LogP contribution in [0.5, 0.6) is 28.7 Å². The summed E-state index contributed by atoms with van der Waals surface area (Å²) in [4.78, 5) is 0. The monoisotopic (exact) mass is 356 g/mol. The molecular weight excluding hydrogens is 332 g/mol. The Labute approximate surface area is 153 Å². The molecule has 2 aromatic carbocycles. The van der Waals surface area contributed by atoms with Crippen LogP contribution in [0.15, 0.2) is 36.4 Å². The summed E-state index contributed by atoms with van der Waals surface area (Å²) < 4.78 is 16.6. The van der Waals surface area contributed by atoms with Gasteiger partial charge in [-0.05, 0) is 43.0 Å². The predicted molar refractivity (Wildman–Crippen MR) is 100 cm³/mol. The van der Waals surface area contributed by atoms with Gasteiger partial charge in [0, 0.05) is 5.56 Å². The minimum absolute atomic E-state index is 0.137. The molecule has 5 nitrogen and oxygen atoms in total. The zero-order valence-corrected chi connectivity index (χ0v) is 15.1. The van der Waals surface area contributed by atoms with E-state index < -0.39 is 6.10 Å². The molecule has 26 heavy (non-hydrogen) atoms. The lowest BCUT2D eigenvalue weighted by molar-refractivity contribution is 0.209. The zero-order chi connectivity index (χ0) is 18.5. The summed E-state index contributed by atoms with van der Waals surface area (Å²) in [5, 5.41) is 20.7. The molecule has 0 unspecified atom stereocenters. The Bertz CT molecular complexity index is 780. The van der Waals surface area contributed by atoms with Crippen LogP contribution < -0.4 is 14.2 Å². The van der Waals surface area contributed by atoms with E-state index in [-0.39, 0.29) is 17.2 Å². The molecule has 0 spiro atoms. The molecular formula is C21H24O5. The number of aliphatic hydroxyl groups is 1. The Kier molecular flexibility index (Phi) is 5.68. The number of benzene rings is 2. The van der Waals surface area contributed by atoms with Crippen molar-refractivity contribution in [1.29, 1.82) is 0 Å². The Morgan fingerprint density at radius 2 is 1.77 bits per heavy atom. The third-order valence-electron chi connectivity index (χ3n) is 4.48. The van der Waals surface area contributed by atoms with E-state index in [1.54, 1.807) is 18.2 Å². The summed E-state index contributed by atoms with van der Waals surface area (Å²) in [7, 11) is 2.94. The maximum Gasteiger partial charge on any atom is 0.207 e. The molecule has 2 aromatic rings. The fourth-order valence-corrected chi connectivity index (χ4v) is 3.08. The minimum atomic E-state index is -0.555. The third kappa shape index (κ3) is 3.94. The predicted octanol–water partition coefficient (Wildman–Crippen LogP) is 4.30. The maximum atomic E-state index is 10.5. The van der Waals surface area contributed by atoms with Crippen LogP contribution in [0, 0.1) is 0 Å². The molecule has 4 rings (SSSR count). The highest BCUT2D eigenvalue weighted by atomic mass is 16.5. The van der Waals surface area contributed by atoms with Gasteiger partial charge in [0.2, 0.25) is 11.5 Å². The van der Waals surface area contributed by atoms with Crippen LogP contribution in [0.2, 0.25) is 0 Å². The molecule has 2 aliphatic heterocycles. The lowest BCUT2D eigenvalue weighted by Gasteiger charge is -2.16. The van der Waals surface area contributed by atoms with E-state index in [9.17, 15) is 10.2 Å². The molecule has 138 valence electrons. The molecule has 2 aliphatic rings. The van der Waals surface area contributed by atoms with Crippen LogP contribution >= 0.6 is 0 Å². The van der Waals surface area contributed by atoms with Crippen molar-refractivity contribution in [3.63, 3.8) is 0 Å². The van der Waals surface area contributed by atoms with Gasteiger partial charge in [0.15, 0.2) is 11.5 Å². The highest BCUT2D eigenvalue weighted by Gasteiger charge is 2.20. The summed E-state index contributed by atoms with van der Waals surface area (Å²) in [6, 6.07) is 9.59. The van der Waals surface area contributed by atoms with Gasteiger partial charge in [-0.25, -0.2) is 0 Å². The van der Waals surface area contributed by atoms with Gasteiger partial charge in [0.05, 0.1) is 20.3 Å². The number of aliphatic hydroxyl groups excluding tert-OH is 1. The van der Waals surface area contributed by atoms with Gasteiger partial charge >= 0.3 is 0 Å². The maximum absolute atomic E-state index is 10.5. The molecule has 0 saturated heterocycles. The molecule has 0 fully saturated rings. The summed E-state index contributed by atoms with van der Waals surface area (Å²) in [6.07, 6.45) is 6.47. The topological polar surface area (TPSA) is 68.2 Å². The zero-order valence-electron chi connectivity index (χ0n) is 15.1. The average molecular weight is 356 g/mol. The van der Waals surface area contributed by atoms with Gasteiger partial charge in [0.1, 0.15) is 5.75 Å². The number of aryl methyl sites for hydroxylation is 1. The molecule has 0 amide bonds. The number of ether oxygens (including phenoxy) is 3. The fourth-order valence-electron chi connectivity index (χ4n) is 3.08. The van der Waals surface area contributed by atoms with E-state index >= 15 is 0 Å². The smallest absolute Gasteiger partial charge is 0.207 e. The van der Waals surface area contributed by atoms with Gasteiger partial charge in [-0.15, -0.1) is 0 Å². The lowest BCUT2D eigenvalue weighted by atomic mass is 10.0. The highest BCUT2D eigenvalue weighted by Crippen LogP contribution is 2.47. The SMILES string of the molecule is COc1c2cc(c(OC)c1O)Oc1ccc(cc1)CCCC[C@@H](O)C=C2. The van der Waals surface area contributed by atoms with Crippen molar-refractivity contribution in [1.82, 2.24) is 0 Å². The molecule has 0 aliphatic carbocycles. The molecule has 4 bridgehead atoms. The summed E-state index contributed by atoms with van der Waals surface area (Å²) in [5.74, 6) is 1.37. The van der Waals surface area contributed by atoms with E-state index in [0.29, 0.717) is 23.5 Å². The average Bonchev–Trinajstić information content (AvgIpc) is 2.65. The van der Waals surface area contributed by atoms with Crippen LogP contribution in [0.1, 0.15) is 30.4 Å². The second kappa shape index (κ2) is 8.15. The number of methoxy groups -OCH3 is 2. The van der Waals surface area contributed by atoms with E-state index in [1.807, 2.05) is 24.3 Å². The largest absolute Gasteiger partial charge is 0.502 e.